The number of methoxy groups -OCH3 is 1. The van der Waals surface area contributed by atoms with Crippen molar-refractivity contribution in [3.63, 3.8) is 0 Å². The molecule has 1 saturated heterocycles. The fourth-order valence-electron chi connectivity index (χ4n) is 4.07. The molecule has 0 aliphatic carbocycles. The van der Waals surface area contributed by atoms with E-state index in [0.717, 1.165) is 62.3 Å². The van der Waals surface area contributed by atoms with E-state index in [9.17, 15) is 9.18 Å². The van der Waals surface area contributed by atoms with Crippen LogP contribution in [0.4, 0.5) is 4.39 Å². The Hall–Kier alpha value is -2.40. The number of aryl methyl sites for hydroxylation is 1. The van der Waals surface area contributed by atoms with E-state index in [-0.39, 0.29) is 11.7 Å². The highest BCUT2D eigenvalue weighted by molar-refractivity contribution is 5.94. The molecule has 29 heavy (non-hydrogen) atoms. The molecule has 0 spiro atoms. The largest absolute Gasteiger partial charge is 0.496 e. The van der Waals surface area contributed by atoms with Gasteiger partial charge >= 0.3 is 0 Å². The summed E-state index contributed by atoms with van der Waals surface area (Å²) in [5.41, 5.74) is 2.73. The average molecular weight is 399 g/mol. The number of hydrogen-bond acceptors (Lipinski definition) is 3. The van der Waals surface area contributed by atoms with Gasteiger partial charge in [0.05, 0.1) is 7.11 Å². The first-order valence-corrected chi connectivity index (χ1v) is 10.3. The molecule has 0 aromatic heterocycles. The van der Waals surface area contributed by atoms with Gasteiger partial charge in [-0.25, -0.2) is 4.39 Å². The Labute approximate surface area is 173 Å². The van der Waals surface area contributed by atoms with Crippen LogP contribution in [0.5, 0.6) is 5.75 Å². The molecule has 3 rings (SSSR count). The number of halogens is 1. The van der Waals surface area contributed by atoms with Crippen LogP contribution in [0.25, 0.3) is 0 Å². The predicted molar refractivity (Wildman–Crippen MR) is 114 cm³/mol. The van der Waals surface area contributed by atoms with Crippen LogP contribution in [0, 0.1) is 18.7 Å². The average Bonchev–Trinajstić information content (AvgIpc) is 2.72. The highest BCUT2D eigenvalue weighted by atomic mass is 19.1. The molecule has 1 heterocycles. The Morgan fingerprint density at radius 1 is 1.21 bits per heavy atom. The summed E-state index contributed by atoms with van der Waals surface area (Å²) in [6, 6.07) is 12.4. The monoisotopic (exact) mass is 398 g/mol. The molecule has 0 radical (unpaired) electrons. The van der Waals surface area contributed by atoms with Crippen LogP contribution in [-0.2, 0) is 6.42 Å². The van der Waals surface area contributed by atoms with Gasteiger partial charge in [-0.1, -0.05) is 12.1 Å². The van der Waals surface area contributed by atoms with Crippen molar-refractivity contribution in [2.75, 3.05) is 40.3 Å². The number of ether oxygens (including phenoxy) is 1. The molecular weight excluding hydrogens is 367 g/mol. The van der Waals surface area contributed by atoms with Crippen LogP contribution in [-0.4, -0.2) is 56.0 Å². The normalized spacial score (nSPS) is 15.3. The lowest BCUT2D eigenvalue weighted by Gasteiger charge is -2.34. The first-order valence-electron chi connectivity index (χ1n) is 10.3. The lowest BCUT2D eigenvalue weighted by atomic mass is 9.95. The maximum absolute atomic E-state index is 13.3. The van der Waals surface area contributed by atoms with E-state index >= 15 is 0 Å². The Morgan fingerprint density at radius 2 is 1.97 bits per heavy atom. The zero-order chi connectivity index (χ0) is 20.8. The number of benzene rings is 2. The van der Waals surface area contributed by atoms with Crippen molar-refractivity contribution in [2.45, 2.75) is 26.2 Å². The van der Waals surface area contributed by atoms with Crippen LogP contribution in [0.2, 0.25) is 0 Å². The second kappa shape index (κ2) is 9.88. The number of nitrogens with zero attached hydrogens (tertiary/aromatic N) is 2. The lowest BCUT2D eigenvalue weighted by Crippen LogP contribution is -2.40. The van der Waals surface area contributed by atoms with Gasteiger partial charge in [-0.05, 0) is 86.7 Å². The van der Waals surface area contributed by atoms with Gasteiger partial charge in [0, 0.05) is 25.7 Å². The minimum atomic E-state index is -0.166. The van der Waals surface area contributed by atoms with Gasteiger partial charge in [0.2, 0.25) is 0 Å². The first kappa shape index (κ1) is 21.3. The molecule has 0 N–H and O–H groups in total. The minimum Gasteiger partial charge on any atom is -0.496 e. The van der Waals surface area contributed by atoms with Gasteiger partial charge in [0.15, 0.2) is 0 Å². The van der Waals surface area contributed by atoms with Crippen molar-refractivity contribution in [1.82, 2.24) is 9.80 Å². The second-order valence-corrected chi connectivity index (χ2v) is 8.04. The summed E-state index contributed by atoms with van der Waals surface area (Å²) in [4.78, 5) is 17.0. The standard InChI is InChI=1S/C24H31FN2O2/c1-18-15-21(7-8-23(18)29-3)24(28)26(2)17-20-10-13-27(14-11-20)12-9-19-5-4-6-22(25)16-19/h4-8,15-16,20H,9-14,17H2,1-3H3. The first-order chi connectivity index (χ1) is 14.0. The minimum absolute atomic E-state index is 0.0595. The van der Waals surface area contributed by atoms with Gasteiger partial charge in [-0.2, -0.15) is 0 Å². The second-order valence-electron chi connectivity index (χ2n) is 8.04. The smallest absolute Gasteiger partial charge is 0.253 e. The summed E-state index contributed by atoms with van der Waals surface area (Å²) in [5, 5.41) is 0. The van der Waals surface area contributed by atoms with Gasteiger partial charge in [-0.3, -0.25) is 4.79 Å². The topological polar surface area (TPSA) is 32.8 Å². The van der Waals surface area contributed by atoms with Crippen LogP contribution in [0.3, 0.4) is 0 Å². The van der Waals surface area contributed by atoms with Gasteiger partial charge < -0.3 is 14.5 Å². The molecule has 0 unspecified atom stereocenters. The summed E-state index contributed by atoms with van der Waals surface area (Å²) >= 11 is 0. The summed E-state index contributed by atoms with van der Waals surface area (Å²) in [5.74, 6) is 1.22. The van der Waals surface area contributed by atoms with E-state index in [1.807, 2.05) is 43.1 Å². The van der Waals surface area contributed by atoms with Crippen LogP contribution in [0.15, 0.2) is 42.5 Å². The maximum Gasteiger partial charge on any atom is 0.253 e. The molecule has 1 aliphatic rings. The van der Waals surface area contributed by atoms with Crippen molar-refractivity contribution < 1.29 is 13.9 Å². The summed E-state index contributed by atoms with van der Waals surface area (Å²) in [6.07, 6.45) is 3.04. The Kier molecular flexibility index (Phi) is 7.26. The van der Waals surface area contributed by atoms with Gasteiger partial charge in [0.1, 0.15) is 11.6 Å². The van der Waals surface area contributed by atoms with E-state index in [2.05, 4.69) is 4.90 Å². The third-order valence-corrected chi connectivity index (χ3v) is 5.83. The van der Waals surface area contributed by atoms with E-state index in [0.29, 0.717) is 11.5 Å². The molecular formula is C24H31FN2O2. The van der Waals surface area contributed by atoms with Gasteiger partial charge in [-0.15, -0.1) is 0 Å². The highest BCUT2D eigenvalue weighted by Gasteiger charge is 2.22. The molecule has 0 atom stereocenters. The Morgan fingerprint density at radius 3 is 2.62 bits per heavy atom. The molecule has 2 aromatic rings. The van der Waals surface area contributed by atoms with Crippen molar-refractivity contribution in [1.29, 1.82) is 0 Å². The number of likely N-dealkylation sites (tertiary alicyclic amines) is 1. The predicted octanol–water partition coefficient (Wildman–Crippen LogP) is 4.17. The van der Waals surface area contributed by atoms with E-state index in [1.165, 1.54) is 6.07 Å². The highest BCUT2D eigenvalue weighted by Crippen LogP contribution is 2.22. The van der Waals surface area contributed by atoms with Gasteiger partial charge in [0.25, 0.3) is 5.91 Å². The summed E-state index contributed by atoms with van der Waals surface area (Å²) in [7, 11) is 3.53. The fourth-order valence-corrected chi connectivity index (χ4v) is 4.07. The van der Waals surface area contributed by atoms with E-state index in [1.54, 1.807) is 19.2 Å². The molecule has 1 amide bonds. The Bertz CT molecular complexity index is 831. The third kappa shape index (κ3) is 5.80. The maximum atomic E-state index is 13.3. The molecule has 4 nitrogen and oxygen atoms in total. The molecule has 1 aliphatic heterocycles. The van der Waals surface area contributed by atoms with E-state index < -0.39 is 0 Å². The molecule has 156 valence electrons. The lowest BCUT2D eigenvalue weighted by molar-refractivity contribution is 0.0740. The van der Waals surface area contributed by atoms with Crippen molar-refractivity contribution in [2.24, 2.45) is 5.92 Å². The molecule has 0 saturated carbocycles. The number of rotatable bonds is 7. The zero-order valence-electron chi connectivity index (χ0n) is 17.7. The molecule has 2 aromatic carbocycles. The molecule has 5 heteroatoms. The number of carbonyl (C=O) groups is 1. The Balaban J connectivity index is 1.45. The van der Waals surface area contributed by atoms with Crippen molar-refractivity contribution in [3.8, 4) is 5.75 Å². The number of carbonyl (C=O) groups excluding carboxylic acids is 1. The van der Waals surface area contributed by atoms with E-state index in [4.69, 9.17) is 4.74 Å². The number of amides is 1. The van der Waals surface area contributed by atoms with Crippen molar-refractivity contribution >= 4 is 5.91 Å². The van der Waals surface area contributed by atoms with Crippen LogP contribution in [0.1, 0.15) is 34.3 Å². The summed E-state index contributed by atoms with van der Waals surface area (Å²) in [6.45, 7) is 5.75. The number of piperidine rings is 1. The van der Waals surface area contributed by atoms with Crippen LogP contribution >= 0.6 is 0 Å². The van der Waals surface area contributed by atoms with Crippen molar-refractivity contribution in [3.05, 3.63) is 65.0 Å². The summed E-state index contributed by atoms with van der Waals surface area (Å²) < 4.78 is 18.6. The zero-order valence-corrected chi connectivity index (χ0v) is 17.7. The number of hydrogen-bond donors (Lipinski definition) is 0. The quantitative estimate of drug-likeness (QED) is 0.702. The van der Waals surface area contributed by atoms with Crippen LogP contribution < -0.4 is 4.74 Å². The third-order valence-electron chi connectivity index (χ3n) is 5.83. The molecule has 1 fully saturated rings. The fraction of sp³-hybridized carbons (Fsp3) is 0.458. The molecule has 0 bridgehead atoms. The SMILES string of the molecule is COc1ccc(C(=O)N(C)CC2CCN(CCc3cccc(F)c3)CC2)cc1C.